The smallest absolute Gasteiger partial charge is 0.243 e. The first-order valence-electron chi connectivity index (χ1n) is 7.34. The number of carbonyl (C=O) groups is 2. The van der Waals surface area contributed by atoms with Crippen molar-refractivity contribution < 1.29 is 9.59 Å². The summed E-state index contributed by atoms with van der Waals surface area (Å²) < 4.78 is 2.04. The summed E-state index contributed by atoms with van der Waals surface area (Å²) in [6.07, 6.45) is 1.65. The summed E-state index contributed by atoms with van der Waals surface area (Å²) in [7, 11) is 0. The van der Waals surface area contributed by atoms with E-state index in [9.17, 15) is 9.59 Å². The Morgan fingerprint density at radius 3 is 2.67 bits per heavy atom. The minimum atomic E-state index is -0.495. The molecule has 116 valence electrons. The summed E-state index contributed by atoms with van der Waals surface area (Å²) in [6.45, 7) is 7.86. The van der Waals surface area contributed by atoms with Crippen molar-refractivity contribution in [3.63, 3.8) is 0 Å². The zero-order chi connectivity index (χ0) is 15.6. The molecule has 0 saturated heterocycles. The fourth-order valence-electron chi connectivity index (χ4n) is 2.62. The third-order valence-electron chi connectivity index (χ3n) is 3.79. The first-order chi connectivity index (χ1) is 9.88. The molecule has 2 heterocycles. The quantitative estimate of drug-likeness (QED) is 0.828. The fraction of sp³-hybridized carbons (Fsp3) is 0.714. The molecule has 0 aromatic carbocycles. The average Bonchev–Trinajstić information content (AvgIpc) is 2.77. The minimum Gasteiger partial charge on any atom is -0.350 e. The van der Waals surface area contributed by atoms with E-state index in [1.54, 1.807) is 0 Å². The van der Waals surface area contributed by atoms with Crippen LogP contribution in [0.5, 0.6) is 0 Å². The molecule has 2 rings (SSSR count). The van der Waals surface area contributed by atoms with E-state index in [0.29, 0.717) is 6.54 Å². The van der Waals surface area contributed by atoms with Crippen LogP contribution in [0.3, 0.4) is 0 Å². The van der Waals surface area contributed by atoms with Crippen LogP contribution in [0.15, 0.2) is 0 Å². The van der Waals surface area contributed by atoms with Crippen LogP contribution in [0.4, 0.5) is 0 Å². The Kier molecular flexibility index (Phi) is 4.59. The molecule has 7 heteroatoms. The predicted octanol–water partition coefficient (Wildman–Crippen LogP) is 0.178. The molecule has 1 aliphatic rings. The summed E-state index contributed by atoms with van der Waals surface area (Å²) in [5, 5.41) is 13.9. The third-order valence-corrected chi connectivity index (χ3v) is 3.79. The van der Waals surface area contributed by atoms with Crippen molar-refractivity contribution in [2.24, 2.45) is 5.92 Å². The Morgan fingerprint density at radius 2 is 2.05 bits per heavy atom. The summed E-state index contributed by atoms with van der Waals surface area (Å²) in [5.41, 5.74) is 0. The number of hydrogen-bond acceptors (Lipinski definition) is 4. The van der Waals surface area contributed by atoms with Gasteiger partial charge in [-0.15, -0.1) is 10.2 Å². The first-order valence-corrected chi connectivity index (χ1v) is 7.34. The molecule has 0 unspecified atom stereocenters. The molecule has 0 aliphatic carbocycles. The molecule has 2 atom stereocenters. The van der Waals surface area contributed by atoms with Crippen molar-refractivity contribution in [1.29, 1.82) is 0 Å². The Balaban J connectivity index is 2.00. The lowest BCUT2D eigenvalue weighted by Crippen LogP contribution is -2.53. The molecular weight excluding hydrogens is 270 g/mol. The minimum absolute atomic E-state index is 0.0460. The van der Waals surface area contributed by atoms with E-state index in [1.807, 2.05) is 25.3 Å². The first kappa shape index (κ1) is 15.5. The molecule has 0 saturated carbocycles. The van der Waals surface area contributed by atoms with E-state index >= 15 is 0 Å². The van der Waals surface area contributed by atoms with Gasteiger partial charge in [0.15, 0.2) is 0 Å². The van der Waals surface area contributed by atoms with E-state index in [1.165, 1.54) is 6.92 Å². The highest BCUT2D eigenvalue weighted by Crippen LogP contribution is 2.15. The highest BCUT2D eigenvalue weighted by molar-refractivity contribution is 5.87. The van der Waals surface area contributed by atoms with Crippen molar-refractivity contribution in [3.05, 3.63) is 11.6 Å². The Morgan fingerprint density at radius 1 is 1.33 bits per heavy atom. The summed E-state index contributed by atoms with van der Waals surface area (Å²) >= 11 is 0. The lowest BCUT2D eigenvalue weighted by Gasteiger charge is -2.28. The highest BCUT2D eigenvalue weighted by atomic mass is 16.2. The van der Waals surface area contributed by atoms with Crippen LogP contribution in [0, 0.1) is 12.8 Å². The van der Waals surface area contributed by atoms with Gasteiger partial charge in [0.25, 0.3) is 0 Å². The SMILES string of the molecule is CC(=O)N[C@@H](C(=O)N[C@H]1CCc2nnc(C)n2C1)C(C)C. The Labute approximate surface area is 124 Å². The van der Waals surface area contributed by atoms with E-state index in [0.717, 1.165) is 24.5 Å². The number of nitrogens with zero attached hydrogens (tertiary/aromatic N) is 3. The lowest BCUT2D eigenvalue weighted by atomic mass is 10.0. The normalized spacial score (nSPS) is 19.0. The van der Waals surface area contributed by atoms with Crippen molar-refractivity contribution in [2.45, 2.75) is 59.2 Å². The molecule has 2 amide bonds. The number of amides is 2. The monoisotopic (exact) mass is 293 g/mol. The highest BCUT2D eigenvalue weighted by Gasteiger charge is 2.28. The van der Waals surface area contributed by atoms with Crippen LogP contribution in [0.1, 0.15) is 38.8 Å². The van der Waals surface area contributed by atoms with Crippen molar-refractivity contribution in [3.8, 4) is 0 Å². The van der Waals surface area contributed by atoms with Gasteiger partial charge in [0, 0.05) is 25.9 Å². The van der Waals surface area contributed by atoms with Crippen LogP contribution < -0.4 is 10.6 Å². The standard InChI is InChI=1S/C14H23N5O2/c1-8(2)13(15-10(4)20)14(21)16-11-5-6-12-18-17-9(3)19(12)7-11/h8,11,13H,5-7H2,1-4H3,(H,15,20)(H,16,21)/t11-,13+/m0/s1. The van der Waals surface area contributed by atoms with Gasteiger partial charge in [-0.25, -0.2) is 0 Å². The summed E-state index contributed by atoms with van der Waals surface area (Å²) in [5.74, 6) is 1.57. The molecular formula is C14H23N5O2. The van der Waals surface area contributed by atoms with Gasteiger partial charge < -0.3 is 15.2 Å². The maximum atomic E-state index is 12.4. The van der Waals surface area contributed by atoms with Gasteiger partial charge in [0.1, 0.15) is 17.7 Å². The maximum absolute atomic E-state index is 12.4. The van der Waals surface area contributed by atoms with Gasteiger partial charge in [-0.1, -0.05) is 13.8 Å². The van der Waals surface area contributed by atoms with Crippen LogP contribution >= 0.6 is 0 Å². The van der Waals surface area contributed by atoms with Gasteiger partial charge in [-0.05, 0) is 19.3 Å². The zero-order valence-corrected chi connectivity index (χ0v) is 13.0. The second kappa shape index (κ2) is 6.24. The molecule has 7 nitrogen and oxygen atoms in total. The topological polar surface area (TPSA) is 88.9 Å². The van der Waals surface area contributed by atoms with E-state index in [4.69, 9.17) is 0 Å². The van der Waals surface area contributed by atoms with Gasteiger partial charge in [0.05, 0.1) is 0 Å². The number of hydrogen-bond donors (Lipinski definition) is 2. The number of aromatic nitrogens is 3. The molecule has 0 bridgehead atoms. The zero-order valence-electron chi connectivity index (χ0n) is 13.0. The average molecular weight is 293 g/mol. The predicted molar refractivity (Wildman–Crippen MR) is 77.5 cm³/mol. The fourth-order valence-corrected chi connectivity index (χ4v) is 2.62. The number of aryl methyl sites for hydroxylation is 2. The third kappa shape index (κ3) is 3.59. The molecule has 1 aromatic rings. The number of rotatable bonds is 4. The molecule has 1 aliphatic heterocycles. The van der Waals surface area contributed by atoms with E-state index in [-0.39, 0.29) is 23.8 Å². The number of carbonyl (C=O) groups excluding carboxylic acids is 2. The van der Waals surface area contributed by atoms with Crippen LogP contribution in [0.25, 0.3) is 0 Å². The molecule has 0 radical (unpaired) electrons. The summed E-state index contributed by atoms with van der Waals surface area (Å²) in [6, 6.07) is -0.444. The van der Waals surface area contributed by atoms with Gasteiger partial charge in [-0.3, -0.25) is 9.59 Å². The molecule has 0 fully saturated rings. The molecule has 1 aromatic heterocycles. The summed E-state index contributed by atoms with van der Waals surface area (Å²) in [4.78, 5) is 23.6. The molecule has 0 spiro atoms. The Bertz CT molecular complexity index is 537. The van der Waals surface area contributed by atoms with Crippen molar-refractivity contribution in [1.82, 2.24) is 25.4 Å². The van der Waals surface area contributed by atoms with Gasteiger partial charge in [0.2, 0.25) is 11.8 Å². The lowest BCUT2D eigenvalue weighted by molar-refractivity contribution is -0.129. The second-order valence-electron chi connectivity index (χ2n) is 5.94. The van der Waals surface area contributed by atoms with Crippen molar-refractivity contribution >= 4 is 11.8 Å². The van der Waals surface area contributed by atoms with E-state index < -0.39 is 6.04 Å². The maximum Gasteiger partial charge on any atom is 0.243 e. The van der Waals surface area contributed by atoms with Crippen LogP contribution in [-0.4, -0.2) is 38.7 Å². The van der Waals surface area contributed by atoms with E-state index in [2.05, 4.69) is 20.8 Å². The molecule has 21 heavy (non-hydrogen) atoms. The molecule has 2 N–H and O–H groups in total. The second-order valence-corrected chi connectivity index (χ2v) is 5.94. The van der Waals surface area contributed by atoms with Gasteiger partial charge in [-0.2, -0.15) is 0 Å². The Hall–Kier alpha value is -1.92. The van der Waals surface area contributed by atoms with Crippen LogP contribution in [0.2, 0.25) is 0 Å². The number of nitrogens with one attached hydrogen (secondary N) is 2. The largest absolute Gasteiger partial charge is 0.350 e. The van der Waals surface area contributed by atoms with Crippen molar-refractivity contribution in [2.75, 3.05) is 0 Å². The number of fused-ring (bicyclic) bond motifs is 1. The van der Waals surface area contributed by atoms with Gasteiger partial charge >= 0.3 is 0 Å². The van der Waals surface area contributed by atoms with Crippen LogP contribution in [-0.2, 0) is 22.6 Å².